The fraction of sp³-hybridized carbons (Fsp3) is 0.0377. The second-order valence-electron chi connectivity index (χ2n) is 15.0. The maximum Gasteiger partial charge on any atom is 0.164 e. The van der Waals surface area contributed by atoms with Crippen molar-refractivity contribution in [3.05, 3.63) is 181 Å². The van der Waals surface area contributed by atoms with Gasteiger partial charge in [-0.25, -0.2) is 15.0 Å². The van der Waals surface area contributed by atoms with E-state index in [-0.39, 0.29) is 0 Å². The average Bonchev–Trinajstić information content (AvgIpc) is 3.88. The van der Waals surface area contributed by atoms with E-state index >= 15 is 0 Å². The number of benzene rings is 8. The Labute approximate surface area is 333 Å². The van der Waals surface area contributed by atoms with Crippen LogP contribution in [0.15, 0.2) is 179 Å². The number of hydrogen-bond donors (Lipinski definition) is 0. The van der Waals surface area contributed by atoms with Crippen LogP contribution in [-0.2, 0) is 6.42 Å². The van der Waals surface area contributed by atoms with Gasteiger partial charge in [-0.15, -0.1) is 0 Å². The first-order valence-corrected chi connectivity index (χ1v) is 19.7. The van der Waals surface area contributed by atoms with Crippen molar-refractivity contribution in [3.63, 3.8) is 0 Å². The summed E-state index contributed by atoms with van der Waals surface area (Å²) >= 11 is 0. The molecule has 11 aromatic rings. The molecule has 0 atom stereocenters. The molecule has 0 unspecified atom stereocenters. The van der Waals surface area contributed by atoms with E-state index < -0.39 is 0 Å². The van der Waals surface area contributed by atoms with Gasteiger partial charge in [0.1, 0.15) is 22.5 Å². The van der Waals surface area contributed by atoms with Crippen LogP contribution in [0, 0.1) is 0 Å². The smallest absolute Gasteiger partial charge is 0.164 e. The summed E-state index contributed by atoms with van der Waals surface area (Å²) in [5, 5.41) is 7.79. The number of hydrogen-bond acceptors (Lipinski definition) is 5. The second-order valence-corrected chi connectivity index (χ2v) is 15.0. The Morgan fingerprint density at radius 1 is 0.397 bits per heavy atom. The predicted molar refractivity (Wildman–Crippen MR) is 236 cm³/mol. The maximum atomic E-state index is 6.35. The van der Waals surface area contributed by atoms with Crippen LogP contribution in [0.3, 0.4) is 0 Å². The van der Waals surface area contributed by atoms with Gasteiger partial charge in [0.25, 0.3) is 0 Å². The van der Waals surface area contributed by atoms with Gasteiger partial charge in [0, 0.05) is 44.8 Å². The van der Waals surface area contributed by atoms with Gasteiger partial charge in [0.2, 0.25) is 0 Å². The molecule has 5 nitrogen and oxygen atoms in total. The van der Waals surface area contributed by atoms with Crippen molar-refractivity contribution in [1.29, 1.82) is 0 Å². The number of para-hydroxylation sites is 1. The molecule has 0 N–H and O–H groups in total. The third-order valence-electron chi connectivity index (χ3n) is 11.6. The van der Waals surface area contributed by atoms with Gasteiger partial charge in [-0.3, -0.25) is 0 Å². The number of furan rings is 2. The SMILES string of the molecule is C1=Cc2c(oc3ccc4ccc(-c5ccc(-c6nc(-c7ccc(-c8ccccc8)cc7)nc(-c7cccc8oc9ccccc9c78)n6)c6ccccc56)cc4c23)CC1. The van der Waals surface area contributed by atoms with E-state index in [0.29, 0.717) is 17.5 Å². The quantitative estimate of drug-likeness (QED) is 0.176. The first-order valence-electron chi connectivity index (χ1n) is 19.7. The Morgan fingerprint density at radius 2 is 1.03 bits per heavy atom. The first kappa shape index (κ1) is 32.6. The summed E-state index contributed by atoms with van der Waals surface area (Å²) in [7, 11) is 0. The van der Waals surface area contributed by atoms with Crippen LogP contribution in [0.2, 0.25) is 0 Å². The molecule has 8 aromatic carbocycles. The Balaban J connectivity index is 1.05. The van der Waals surface area contributed by atoms with E-state index in [1.54, 1.807) is 0 Å². The number of nitrogens with zero attached hydrogens (tertiary/aromatic N) is 3. The molecule has 0 radical (unpaired) electrons. The van der Waals surface area contributed by atoms with Crippen LogP contribution in [-0.4, -0.2) is 15.0 Å². The largest absolute Gasteiger partial charge is 0.460 e. The highest BCUT2D eigenvalue weighted by Gasteiger charge is 2.21. The molecule has 0 bridgehead atoms. The lowest BCUT2D eigenvalue weighted by Crippen LogP contribution is -2.01. The van der Waals surface area contributed by atoms with Crippen molar-refractivity contribution in [2.75, 3.05) is 0 Å². The molecule has 0 aliphatic heterocycles. The highest BCUT2D eigenvalue weighted by Crippen LogP contribution is 2.41. The molecule has 0 saturated heterocycles. The van der Waals surface area contributed by atoms with E-state index in [2.05, 4.69) is 140 Å². The molecule has 0 saturated carbocycles. The molecule has 272 valence electrons. The van der Waals surface area contributed by atoms with Crippen LogP contribution >= 0.6 is 0 Å². The highest BCUT2D eigenvalue weighted by molar-refractivity contribution is 6.14. The van der Waals surface area contributed by atoms with E-state index in [4.69, 9.17) is 23.8 Å². The molecule has 0 fully saturated rings. The van der Waals surface area contributed by atoms with Gasteiger partial charge in [-0.2, -0.15) is 0 Å². The lowest BCUT2D eigenvalue weighted by molar-refractivity contribution is 0.546. The minimum absolute atomic E-state index is 0.591. The second kappa shape index (κ2) is 13.0. The molecular formula is C53H33N3O2. The molecule has 1 aliphatic carbocycles. The molecule has 3 heterocycles. The van der Waals surface area contributed by atoms with Gasteiger partial charge in [-0.05, 0) is 80.6 Å². The number of fused-ring (bicyclic) bond motifs is 9. The number of aryl methyl sites for hydroxylation is 1. The van der Waals surface area contributed by atoms with Gasteiger partial charge in [-0.1, -0.05) is 146 Å². The van der Waals surface area contributed by atoms with Crippen LogP contribution in [0.5, 0.6) is 0 Å². The summed E-state index contributed by atoms with van der Waals surface area (Å²) in [5.74, 6) is 2.88. The maximum absolute atomic E-state index is 6.35. The minimum atomic E-state index is 0.591. The first-order chi connectivity index (χ1) is 28.7. The molecule has 0 amide bonds. The number of aromatic nitrogens is 3. The fourth-order valence-electron chi connectivity index (χ4n) is 8.83. The average molecular weight is 744 g/mol. The molecule has 12 rings (SSSR count). The van der Waals surface area contributed by atoms with E-state index in [9.17, 15) is 0 Å². The van der Waals surface area contributed by atoms with E-state index in [1.807, 2.05) is 36.4 Å². The van der Waals surface area contributed by atoms with Crippen molar-refractivity contribution < 1.29 is 8.83 Å². The highest BCUT2D eigenvalue weighted by atomic mass is 16.3. The van der Waals surface area contributed by atoms with Crippen LogP contribution in [0.25, 0.3) is 117 Å². The molecular weight excluding hydrogens is 711 g/mol. The van der Waals surface area contributed by atoms with Gasteiger partial charge in [0.05, 0.1) is 0 Å². The number of rotatable bonds is 5. The summed E-state index contributed by atoms with van der Waals surface area (Å²) in [6.07, 6.45) is 6.42. The molecule has 5 heteroatoms. The topological polar surface area (TPSA) is 65.0 Å². The monoisotopic (exact) mass is 743 g/mol. The molecule has 3 aromatic heterocycles. The zero-order valence-corrected chi connectivity index (χ0v) is 31.3. The Morgan fingerprint density at radius 3 is 1.90 bits per heavy atom. The standard InChI is InChI=1S/C53H33N3O2/c1-2-11-32(12-3-1)33-21-24-35(25-22-33)51-54-52(56-53(55-51)43-17-10-20-47-49(43)41-15-6-8-18-45(41)57-47)40-29-28-37(38-13-4-5-14-39(38)40)36-26-23-34-27-30-48-50(44(34)31-36)42-16-7-9-19-46(42)58-48/h1-8,10-18,20-31H,9,19H2. The summed E-state index contributed by atoms with van der Waals surface area (Å²) in [6, 6.07) is 57.1. The minimum Gasteiger partial charge on any atom is -0.460 e. The van der Waals surface area contributed by atoms with Gasteiger partial charge < -0.3 is 8.83 Å². The van der Waals surface area contributed by atoms with Crippen molar-refractivity contribution >= 4 is 60.5 Å². The normalized spacial score (nSPS) is 12.6. The summed E-state index contributed by atoms with van der Waals surface area (Å²) in [4.78, 5) is 15.7. The van der Waals surface area contributed by atoms with E-state index in [1.165, 1.54) is 21.7 Å². The fourth-order valence-corrected chi connectivity index (χ4v) is 8.83. The van der Waals surface area contributed by atoms with E-state index in [0.717, 1.165) is 95.8 Å². The Kier molecular flexibility index (Phi) is 7.29. The third-order valence-corrected chi connectivity index (χ3v) is 11.6. The zero-order valence-electron chi connectivity index (χ0n) is 31.3. The third kappa shape index (κ3) is 5.21. The molecule has 0 spiro atoms. The van der Waals surface area contributed by atoms with Crippen molar-refractivity contribution in [2.24, 2.45) is 0 Å². The molecule has 1 aliphatic rings. The van der Waals surface area contributed by atoms with Crippen molar-refractivity contribution in [1.82, 2.24) is 15.0 Å². The predicted octanol–water partition coefficient (Wildman–Crippen LogP) is 14.1. The van der Waals surface area contributed by atoms with Crippen LogP contribution in [0.4, 0.5) is 0 Å². The van der Waals surface area contributed by atoms with Crippen molar-refractivity contribution in [3.8, 4) is 56.4 Å². The zero-order chi connectivity index (χ0) is 38.2. The lowest BCUT2D eigenvalue weighted by atomic mass is 9.92. The van der Waals surface area contributed by atoms with Crippen LogP contribution in [0.1, 0.15) is 17.7 Å². The summed E-state index contributed by atoms with van der Waals surface area (Å²) in [5.41, 5.74) is 11.1. The summed E-state index contributed by atoms with van der Waals surface area (Å²) < 4.78 is 12.7. The lowest BCUT2D eigenvalue weighted by Gasteiger charge is -2.14. The summed E-state index contributed by atoms with van der Waals surface area (Å²) in [6.45, 7) is 0. The van der Waals surface area contributed by atoms with Gasteiger partial charge >= 0.3 is 0 Å². The van der Waals surface area contributed by atoms with Crippen molar-refractivity contribution in [2.45, 2.75) is 12.8 Å². The van der Waals surface area contributed by atoms with Crippen LogP contribution < -0.4 is 0 Å². The molecule has 58 heavy (non-hydrogen) atoms. The number of allylic oxidation sites excluding steroid dienone is 1. The van der Waals surface area contributed by atoms with Gasteiger partial charge in [0.15, 0.2) is 17.5 Å². The Bertz CT molecular complexity index is 3450. The Hall–Kier alpha value is -7.63.